The van der Waals surface area contributed by atoms with Crippen molar-refractivity contribution in [2.75, 3.05) is 13.2 Å². The van der Waals surface area contributed by atoms with E-state index in [0.717, 1.165) is 25.5 Å². The number of thiazole rings is 1. The van der Waals surface area contributed by atoms with Gasteiger partial charge in [-0.2, -0.15) is 0 Å². The van der Waals surface area contributed by atoms with Crippen molar-refractivity contribution in [3.63, 3.8) is 0 Å². The number of ether oxygens (including phenoxy) is 1. The average molecular weight is 266 g/mol. The Labute approximate surface area is 113 Å². The first-order valence-electron chi connectivity index (χ1n) is 7.01. The van der Waals surface area contributed by atoms with Gasteiger partial charge in [-0.1, -0.05) is 6.42 Å². The van der Waals surface area contributed by atoms with Gasteiger partial charge in [0.05, 0.1) is 0 Å². The lowest BCUT2D eigenvalue weighted by Gasteiger charge is -2.39. The number of nitrogens with one attached hydrogen (secondary N) is 1. The van der Waals surface area contributed by atoms with Gasteiger partial charge < -0.3 is 10.1 Å². The molecule has 0 aromatic carbocycles. The van der Waals surface area contributed by atoms with Crippen LogP contribution >= 0.6 is 11.3 Å². The van der Waals surface area contributed by atoms with Crippen LogP contribution < -0.4 is 5.32 Å². The van der Waals surface area contributed by atoms with Gasteiger partial charge >= 0.3 is 0 Å². The summed E-state index contributed by atoms with van der Waals surface area (Å²) in [5, 5.41) is 7.12. The topological polar surface area (TPSA) is 34.1 Å². The van der Waals surface area contributed by atoms with Crippen LogP contribution in [-0.4, -0.2) is 24.2 Å². The standard InChI is InChI=1S/C14H22N2OS/c1-11-10-18-13(16-11)9-15-12-3-2-4-14(12)5-7-17-8-6-14/h10,12,15H,2-9H2,1H3. The predicted octanol–water partition coefficient (Wildman–Crippen LogP) is 2.89. The summed E-state index contributed by atoms with van der Waals surface area (Å²) >= 11 is 1.77. The molecule has 1 aliphatic carbocycles. The van der Waals surface area contributed by atoms with E-state index in [1.54, 1.807) is 11.3 Å². The van der Waals surface area contributed by atoms with Gasteiger partial charge in [0.25, 0.3) is 0 Å². The predicted molar refractivity (Wildman–Crippen MR) is 73.8 cm³/mol. The molecule has 4 heteroatoms. The molecule has 0 amide bonds. The molecule has 2 aliphatic rings. The second-order valence-electron chi connectivity index (χ2n) is 5.68. The maximum atomic E-state index is 5.53. The third-order valence-corrected chi connectivity index (χ3v) is 5.53. The molecule has 1 aromatic heterocycles. The molecule has 1 saturated carbocycles. The van der Waals surface area contributed by atoms with Gasteiger partial charge in [-0.3, -0.25) is 0 Å². The van der Waals surface area contributed by atoms with Crippen LogP contribution in [0.3, 0.4) is 0 Å². The van der Waals surface area contributed by atoms with E-state index in [1.165, 1.54) is 37.1 Å². The largest absolute Gasteiger partial charge is 0.381 e. The minimum absolute atomic E-state index is 0.518. The number of aromatic nitrogens is 1. The lowest BCUT2D eigenvalue weighted by molar-refractivity contribution is 0.00415. The zero-order valence-electron chi connectivity index (χ0n) is 11.1. The summed E-state index contributed by atoms with van der Waals surface area (Å²) in [6.07, 6.45) is 6.55. The maximum Gasteiger partial charge on any atom is 0.107 e. The molecule has 18 heavy (non-hydrogen) atoms. The number of aryl methyl sites for hydroxylation is 1. The van der Waals surface area contributed by atoms with Crippen molar-refractivity contribution in [1.29, 1.82) is 0 Å². The highest BCUT2D eigenvalue weighted by atomic mass is 32.1. The Morgan fingerprint density at radius 1 is 1.44 bits per heavy atom. The van der Waals surface area contributed by atoms with Gasteiger partial charge in [0.2, 0.25) is 0 Å². The summed E-state index contributed by atoms with van der Waals surface area (Å²) in [4.78, 5) is 4.54. The molecule has 2 heterocycles. The molecule has 1 atom stereocenters. The number of hydrogen-bond acceptors (Lipinski definition) is 4. The Hall–Kier alpha value is -0.450. The molecule has 1 unspecified atom stereocenters. The summed E-state index contributed by atoms with van der Waals surface area (Å²) in [5.41, 5.74) is 1.66. The Kier molecular flexibility index (Phi) is 3.68. The van der Waals surface area contributed by atoms with E-state index in [9.17, 15) is 0 Å². The van der Waals surface area contributed by atoms with E-state index in [0.29, 0.717) is 11.5 Å². The van der Waals surface area contributed by atoms with Crippen LogP contribution in [0.2, 0.25) is 0 Å². The zero-order valence-corrected chi connectivity index (χ0v) is 11.9. The molecule has 2 fully saturated rings. The van der Waals surface area contributed by atoms with Gasteiger partial charge in [0.15, 0.2) is 0 Å². The Morgan fingerprint density at radius 3 is 3.00 bits per heavy atom. The molecule has 1 saturated heterocycles. The Morgan fingerprint density at radius 2 is 2.28 bits per heavy atom. The highest BCUT2D eigenvalue weighted by Gasteiger charge is 2.43. The molecular formula is C14H22N2OS. The molecule has 0 radical (unpaired) electrons. The molecule has 0 bridgehead atoms. The highest BCUT2D eigenvalue weighted by Crippen LogP contribution is 2.46. The lowest BCUT2D eigenvalue weighted by atomic mass is 9.75. The first kappa shape index (κ1) is 12.6. The summed E-state index contributed by atoms with van der Waals surface area (Å²) in [5.74, 6) is 0. The molecule has 1 aliphatic heterocycles. The van der Waals surface area contributed by atoms with E-state index in [4.69, 9.17) is 4.74 Å². The fourth-order valence-electron chi connectivity index (χ4n) is 3.53. The Balaban J connectivity index is 1.61. The van der Waals surface area contributed by atoms with Crippen LogP contribution in [0.15, 0.2) is 5.38 Å². The number of rotatable bonds is 3. The molecule has 3 rings (SSSR count). The SMILES string of the molecule is Cc1csc(CNC2CCCC23CCOCC3)n1. The minimum Gasteiger partial charge on any atom is -0.381 e. The van der Waals surface area contributed by atoms with Crippen molar-refractivity contribution in [2.45, 2.75) is 51.6 Å². The third-order valence-electron chi connectivity index (χ3n) is 4.56. The van der Waals surface area contributed by atoms with Gasteiger partial charge in [0.1, 0.15) is 5.01 Å². The second-order valence-corrected chi connectivity index (χ2v) is 6.63. The summed E-state index contributed by atoms with van der Waals surface area (Å²) in [6.45, 7) is 4.91. The second kappa shape index (κ2) is 5.27. The van der Waals surface area contributed by atoms with Gasteiger partial charge in [-0.05, 0) is 38.0 Å². The minimum atomic E-state index is 0.518. The third kappa shape index (κ3) is 2.46. The summed E-state index contributed by atoms with van der Waals surface area (Å²) in [7, 11) is 0. The molecule has 100 valence electrons. The first-order chi connectivity index (χ1) is 8.78. The van der Waals surface area contributed by atoms with E-state index in [1.807, 2.05) is 0 Å². The molecule has 1 N–H and O–H groups in total. The van der Waals surface area contributed by atoms with E-state index < -0.39 is 0 Å². The monoisotopic (exact) mass is 266 g/mol. The van der Waals surface area contributed by atoms with Crippen LogP contribution in [-0.2, 0) is 11.3 Å². The zero-order chi connectivity index (χ0) is 12.4. The van der Waals surface area contributed by atoms with Gasteiger partial charge in [-0.25, -0.2) is 4.98 Å². The maximum absolute atomic E-state index is 5.53. The van der Waals surface area contributed by atoms with E-state index in [2.05, 4.69) is 22.6 Å². The molecule has 1 spiro atoms. The van der Waals surface area contributed by atoms with Gasteiger partial charge in [0, 0.05) is 36.9 Å². The fourth-order valence-corrected chi connectivity index (χ4v) is 4.25. The van der Waals surface area contributed by atoms with Crippen molar-refractivity contribution in [2.24, 2.45) is 5.41 Å². The van der Waals surface area contributed by atoms with Crippen molar-refractivity contribution in [3.05, 3.63) is 16.1 Å². The molecule has 3 nitrogen and oxygen atoms in total. The molecular weight excluding hydrogens is 244 g/mol. The quantitative estimate of drug-likeness (QED) is 0.913. The first-order valence-corrected chi connectivity index (χ1v) is 7.89. The lowest BCUT2D eigenvalue weighted by Crippen LogP contribution is -2.44. The fraction of sp³-hybridized carbons (Fsp3) is 0.786. The number of nitrogens with zero attached hydrogens (tertiary/aromatic N) is 1. The smallest absolute Gasteiger partial charge is 0.107 e. The summed E-state index contributed by atoms with van der Waals surface area (Å²) in [6, 6.07) is 0.672. The van der Waals surface area contributed by atoms with Crippen LogP contribution in [0.5, 0.6) is 0 Å². The van der Waals surface area contributed by atoms with Crippen molar-refractivity contribution in [3.8, 4) is 0 Å². The average Bonchev–Trinajstić information content (AvgIpc) is 2.95. The molecule has 1 aromatic rings. The Bertz CT molecular complexity index is 398. The highest BCUT2D eigenvalue weighted by molar-refractivity contribution is 7.09. The van der Waals surface area contributed by atoms with Crippen molar-refractivity contribution >= 4 is 11.3 Å². The van der Waals surface area contributed by atoms with Crippen molar-refractivity contribution < 1.29 is 4.74 Å². The van der Waals surface area contributed by atoms with Crippen molar-refractivity contribution in [1.82, 2.24) is 10.3 Å². The van der Waals surface area contributed by atoms with E-state index >= 15 is 0 Å². The van der Waals surface area contributed by atoms with Gasteiger partial charge in [-0.15, -0.1) is 11.3 Å². The normalized spacial score (nSPS) is 26.8. The van der Waals surface area contributed by atoms with E-state index in [-0.39, 0.29) is 0 Å². The van der Waals surface area contributed by atoms with Crippen LogP contribution in [0.1, 0.15) is 42.8 Å². The van der Waals surface area contributed by atoms with Crippen LogP contribution in [0, 0.1) is 12.3 Å². The van der Waals surface area contributed by atoms with Crippen LogP contribution in [0.4, 0.5) is 0 Å². The summed E-state index contributed by atoms with van der Waals surface area (Å²) < 4.78 is 5.53. The number of hydrogen-bond donors (Lipinski definition) is 1. The van der Waals surface area contributed by atoms with Crippen LogP contribution in [0.25, 0.3) is 0 Å².